The minimum atomic E-state index is -0.198. The summed E-state index contributed by atoms with van der Waals surface area (Å²) in [5.41, 5.74) is 1.98. The number of rotatable bonds is 4. The van der Waals surface area contributed by atoms with E-state index in [4.69, 9.17) is 4.74 Å². The van der Waals surface area contributed by atoms with Crippen molar-refractivity contribution in [1.82, 2.24) is 0 Å². The molecule has 4 heteroatoms. The van der Waals surface area contributed by atoms with Gasteiger partial charge in [-0.3, -0.25) is 4.79 Å². The third-order valence-electron chi connectivity index (χ3n) is 3.24. The Morgan fingerprint density at radius 2 is 2.15 bits per heavy atom. The molecule has 1 heterocycles. The lowest BCUT2D eigenvalue weighted by Gasteiger charge is -2.10. The predicted octanol–water partition coefficient (Wildman–Crippen LogP) is 3.00. The van der Waals surface area contributed by atoms with E-state index in [-0.39, 0.29) is 11.9 Å². The Morgan fingerprint density at radius 1 is 1.45 bits per heavy atom. The third-order valence-corrected chi connectivity index (χ3v) is 3.24. The number of hydrogen-bond donors (Lipinski definition) is 1. The molecule has 0 aromatic heterocycles. The van der Waals surface area contributed by atoms with Crippen molar-refractivity contribution in [1.29, 1.82) is 0 Å². The number of ether oxygens (including phenoxy) is 1. The van der Waals surface area contributed by atoms with E-state index in [0.717, 1.165) is 5.56 Å². The fourth-order valence-corrected chi connectivity index (χ4v) is 1.89. The second-order valence-electron chi connectivity index (χ2n) is 5.34. The maximum Gasteiger partial charge on any atom is 0.250 e. The summed E-state index contributed by atoms with van der Waals surface area (Å²) < 4.78 is 5.67. The minimum Gasteiger partial charge on any atom is -0.475 e. The Labute approximate surface area is 119 Å². The maximum atomic E-state index is 11.8. The molecule has 1 aliphatic heterocycles. The Morgan fingerprint density at radius 3 is 2.75 bits per heavy atom. The van der Waals surface area contributed by atoms with Crippen LogP contribution in [0.2, 0.25) is 0 Å². The molecule has 4 nitrogen and oxygen atoms in total. The first-order valence-electron chi connectivity index (χ1n) is 6.76. The van der Waals surface area contributed by atoms with Gasteiger partial charge in [0, 0.05) is 5.57 Å². The molecule has 1 aliphatic rings. The zero-order valence-corrected chi connectivity index (χ0v) is 12.1. The van der Waals surface area contributed by atoms with E-state index in [9.17, 15) is 4.79 Å². The van der Waals surface area contributed by atoms with Crippen LogP contribution in [0.5, 0.6) is 0 Å². The molecule has 0 saturated heterocycles. The van der Waals surface area contributed by atoms with Gasteiger partial charge in [-0.1, -0.05) is 32.6 Å². The van der Waals surface area contributed by atoms with Gasteiger partial charge < -0.3 is 10.1 Å². The van der Waals surface area contributed by atoms with Crippen molar-refractivity contribution in [2.24, 2.45) is 10.9 Å². The molecule has 1 atom stereocenters. The van der Waals surface area contributed by atoms with Gasteiger partial charge >= 0.3 is 0 Å². The van der Waals surface area contributed by atoms with Crippen LogP contribution in [-0.2, 0) is 9.53 Å². The van der Waals surface area contributed by atoms with Crippen molar-refractivity contribution >= 4 is 17.5 Å². The van der Waals surface area contributed by atoms with Crippen molar-refractivity contribution in [3.8, 4) is 0 Å². The average molecular weight is 272 g/mol. The molecule has 20 heavy (non-hydrogen) atoms. The first-order valence-corrected chi connectivity index (χ1v) is 6.76. The fourth-order valence-electron chi connectivity index (χ4n) is 1.89. The standard InChI is InChI=1S/C16H20N2O2/c1-10(2)14-9-20-16(18-14)12-7-5-6-8-13(12)17-15(19)11(3)4/h5-8,10,14H,3,9H2,1-2,4H3,(H,17,19)/t14-/m1/s1. The molecule has 0 aliphatic carbocycles. The molecule has 0 radical (unpaired) electrons. The number of hydrogen-bond acceptors (Lipinski definition) is 3. The highest BCUT2D eigenvalue weighted by Gasteiger charge is 2.24. The lowest BCUT2D eigenvalue weighted by atomic mass is 10.1. The average Bonchev–Trinajstić information content (AvgIpc) is 2.88. The molecular weight excluding hydrogens is 252 g/mol. The van der Waals surface area contributed by atoms with Crippen LogP contribution in [0.1, 0.15) is 26.3 Å². The molecule has 0 saturated carbocycles. The SMILES string of the molecule is C=C(C)C(=O)Nc1ccccc1C1=N[C@@H](C(C)C)CO1. The van der Waals surface area contributed by atoms with Gasteiger partial charge in [0.1, 0.15) is 6.61 Å². The number of aliphatic imine (C=N–C) groups is 1. The van der Waals surface area contributed by atoms with Crippen molar-refractivity contribution in [2.75, 3.05) is 11.9 Å². The zero-order chi connectivity index (χ0) is 14.7. The van der Waals surface area contributed by atoms with Gasteiger partial charge in [-0.15, -0.1) is 0 Å². The summed E-state index contributed by atoms with van der Waals surface area (Å²) in [7, 11) is 0. The lowest BCUT2D eigenvalue weighted by Crippen LogP contribution is -2.15. The van der Waals surface area contributed by atoms with Crippen LogP contribution in [0.25, 0.3) is 0 Å². The summed E-state index contributed by atoms with van der Waals surface area (Å²) in [6.45, 7) is 10.2. The van der Waals surface area contributed by atoms with E-state index in [1.807, 2.05) is 24.3 Å². The van der Waals surface area contributed by atoms with Crippen molar-refractivity contribution in [2.45, 2.75) is 26.8 Å². The highest BCUT2D eigenvalue weighted by molar-refractivity contribution is 6.08. The highest BCUT2D eigenvalue weighted by Crippen LogP contribution is 2.23. The van der Waals surface area contributed by atoms with Gasteiger partial charge in [-0.2, -0.15) is 0 Å². The van der Waals surface area contributed by atoms with Crippen LogP contribution in [0, 0.1) is 5.92 Å². The first-order chi connectivity index (χ1) is 9.49. The van der Waals surface area contributed by atoms with Gasteiger partial charge in [0.15, 0.2) is 0 Å². The summed E-state index contributed by atoms with van der Waals surface area (Å²) in [6.07, 6.45) is 0. The maximum absolute atomic E-state index is 11.8. The molecule has 1 aromatic carbocycles. The van der Waals surface area contributed by atoms with Crippen molar-refractivity contribution in [3.05, 3.63) is 42.0 Å². The number of anilines is 1. The number of carbonyl (C=O) groups is 1. The second kappa shape index (κ2) is 5.90. The molecule has 0 spiro atoms. The second-order valence-corrected chi connectivity index (χ2v) is 5.34. The van der Waals surface area contributed by atoms with Gasteiger partial charge in [-0.25, -0.2) is 4.99 Å². The number of benzene rings is 1. The van der Waals surface area contributed by atoms with E-state index < -0.39 is 0 Å². The molecule has 106 valence electrons. The Kier molecular flexibility index (Phi) is 4.23. The van der Waals surface area contributed by atoms with E-state index in [0.29, 0.717) is 29.7 Å². The van der Waals surface area contributed by atoms with E-state index in [2.05, 4.69) is 30.7 Å². The quantitative estimate of drug-likeness (QED) is 0.857. The molecule has 1 aromatic rings. The topological polar surface area (TPSA) is 50.7 Å². The summed E-state index contributed by atoms with van der Waals surface area (Å²) in [5, 5.41) is 2.83. The van der Waals surface area contributed by atoms with Crippen LogP contribution in [0.15, 0.2) is 41.4 Å². The number of nitrogens with zero attached hydrogens (tertiary/aromatic N) is 1. The largest absolute Gasteiger partial charge is 0.475 e. The Hall–Kier alpha value is -2.10. The van der Waals surface area contributed by atoms with Crippen LogP contribution in [-0.4, -0.2) is 24.5 Å². The van der Waals surface area contributed by atoms with E-state index in [1.54, 1.807) is 6.92 Å². The lowest BCUT2D eigenvalue weighted by molar-refractivity contribution is -0.112. The summed E-state index contributed by atoms with van der Waals surface area (Å²) in [6, 6.07) is 7.68. The molecule has 0 bridgehead atoms. The Balaban J connectivity index is 2.27. The van der Waals surface area contributed by atoms with Crippen molar-refractivity contribution < 1.29 is 9.53 Å². The fraction of sp³-hybridized carbons (Fsp3) is 0.375. The number of carbonyl (C=O) groups excluding carboxylic acids is 1. The van der Waals surface area contributed by atoms with Crippen molar-refractivity contribution in [3.63, 3.8) is 0 Å². The molecule has 0 fully saturated rings. The van der Waals surface area contributed by atoms with E-state index >= 15 is 0 Å². The summed E-state index contributed by atoms with van der Waals surface area (Å²) in [5.74, 6) is 0.836. The van der Waals surface area contributed by atoms with Gasteiger partial charge in [0.05, 0.1) is 17.3 Å². The number of nitrogens with one attached hydrogen (secondary N) is 1. The van der Waals surface area contributed by atoms with Gasteiger partial charge in [0.2, 0.25) is 5.90 Å². The molecule has 1 amide bonds. The first kappa shape index (κ1) is 14.3. The highest BCUT2D eigenvalue weighted by atomic mass is 16.5. The molecule has 0 unspecified atom stereocenters. The van der Waals surface area contributed by atoms with E-state index in [1.165, 1.54) is 0 Å². The molecule has 2 rings (SSSR count). The number of amides is 1. The zero-order valence-electron chi connectivity index (χ0n) is 12.1. The smallest absolute Gasteiger partial charge is 0.250 e. The van der Waals surface area contributed by atoms with Crippen LogP contribution < -0.4 is 5.32 Å². The van der Waals surface area contributed by atoms with Crippen LogP contribution in [0.4, 0.5) is 5.69 Å². The van der Waals surface area contributed by atoms with Gasteiger partial charge in [-0.05, 0) is 25.0 Å². The Bertz CT molecular complexity index is 561. The third kappa shape index (κ3) is 3.07. The normalized spacial score (nSPS) is 17.6. The predicted molar refractivity (Wildman–Crippen MR) is 81.0 cm³/mol. The minimum absolute atomic E-state index is 0.176. The molecular formula is C16H20N2O2. The van der Waals surface area contributed by atoms with Crippen LogP contribution in [0.3, 0.4) is 0 Å². The van der Waals surface area contributed by atoms with Gasteiger partial charge in [0.25, 0.3) is 5.91 Å². The molecule has 1 N–H and O–H groups in total. The number of para-hydroxylation sites is 1. The summed E-state index contributed by atoms with van der Waals surface area (Å²) in [4.78, 5) is 16.4. The summed E-state index contributed by atoms with van der Waals surface area (Å²) >= 11 is 0. The monoisotopic (exact) mass is 272 g/mol. The van der Waals surface area contributed by atoms with Crippen LogP contribution >= 0.6 is 0 Å².